The minimum atomic E-state index is -0.748. The number of aromatic amines is 1. The summed E-state index contributed by atoms with van der Waals surface area (Å²) in [6.07, 6.45) is 0. The van der Waals surface area contributed by atoms with Crippen molar-refractivity contribution in [1.29, 1.82) is 0 Å². The molecular weight excluding hydrogens is 192 g/mol. The third-order valence-corrected chi connectivity index (χ3v) is 1.76. The molecule has 0 atom stereocenters. The number of nitrogens with one attached hydrogen (secondary N) is 1. The molecule has 0 amide bonds. The lowest BCUT2D eigenvalue weighted by Gasteiger charge is -1.99. The quantitative estimate of drug-likeness (QED) is 0.758. The van der Waals surface area contributed by atoms with E-state index in [0.29, 0.717) is 0 Å². The highest BCUT2D eigenvalue weighted by Crippen LogP contribution is 2.22. The fourth-order valence-electron chi connectivity index (χ4n) is 1.16. The second-order valence-corrected chi connectivity index (χ2v) is 2.68. The van der Waals surface area contributed by atoms with Gasteiger partial charge in [0.25, 0.3) is 0 Å². The van der Waals surface area contributed by atoms with Gasteiger partial charge in [0.1, 0.15) is 11.6 Å². The van der Waals surface area contributed by atoms with E-state index in [1.165, 1.54) is 6.07 Å². The van der Waals surface area contributed by atoms with E-state index in [0.717, 1.165) is 18.2 Å². The highest BCUT2D eigenvalue weighted by atomic mass is 19.1. The Morgan fingerprint density at radius 3 is 2.36 bits per heavy atom. The van der Waals surface area contributed by atoms with Gasteiger partial charge in [-0.1, -0.05) is 6.07 Å². The van der Waals surface area contributed by atoms with E-state index in [1.54, 1.807) is 0 Å². The highest BCUT2D eigenvalue weighted by Gasteiger charge is 2.12. The standard InChI is InChI=1S/C9H5F2NO2/c10-5-2-1-3-6(11)9(5)7-4-8(13)14-12-7/h1-4,12H. The SMILES string of the molecule is O=c1cc(-c2c(F)cccc2F)[nH]o1. The van der Waals surface area contributed by atoms with E-state index < -0.39 is 17.3 Å². The van der Waals surface area contributed by atoms with Crippen molar-refractivity contribution in [1.82, 2.24) is 5.16 Å². The van der Waals surface area contributed by atoms with Gasteiger partial charge in [0.15, 0.2) is 0 Å². The molecular formula is C9H5F2NO2. The molecule has 0 fully saturated rings. The molecule has 0 saturated heterocycles. The topological polar surface area (TPSA) is 46.0 Å². The summed E-state index contributed by atoms with van der Waals surface area (Å²) in [6, 6.07) is 4.43. The number of rotatable bonds is 1. The minimum Gasteiger partial charge on any atom is -0.339 e. The maximum atomic E-state index is 13.1. The molecule has 0 radical (unpaired) electrons. The minimum absolute atomic E-state index is 0.00870. The van der Waals surface area contributed by atoms with E-state index >= 15 is 0 Å². The fourth-order valence-corrected chi connectivity index (χ4v) is 1.16. The van der Waals surface area contributed by atoms with Gasteiger partial charge in [0.2, 0.25) is 0 Å². The van der Waals surface area contributed by atoms with E-state index in [4.69, 9.17) is 0 Å². The maximum Gasteiger partial charge on any atom is 0.357 e. The van der Waals surface area contributed by atoms with Crippen molar-refractivity contribution in [2.24, 2.45) is 0 Å². The monoisotopic (exact) mass is 197 g/mol. The average molecular weight is 197 g/mol. The van der Waals surface area contributed by atoms with Crippen molar-refractivity contribution in [2.45, 2.75) is 0 Å². The number of aromatic nitrogens is 1. The van der Waals surface area contributed by atoms with Crippen LogP contribution in [-0.4, -0.2) is 5.16 Å². The molecule has 0 aliphatic carbocycles. The van der Waals surface area contributed by atoms with E-state index in [9.17, 15) is 13.6 Å². The Morgan fingerprint density at radius 1 is 1.21 bits per heavy atom. The first-order valence-electron chi connectivity index (χ1n) is 3.81. The van der Waals surface area contributed by atoms with Crippen molar-refractivity contribution in [3.05, 3.63) is 46.3 Å². The highest BCUT2D eigenvalue weighted by molar-refractivity contribution is 5.59. The van der Waals surface area contributed by atoms with Gasteiger partial charge < -0.3 is 4.52 Å². The van der Waals surface area contributed by atoms with Gasteiger partial charge in [-0.3, -0.25) is 0 Å². The lowest BCUT2D eigenvalue weighted by atomic mass is 10.1. The van der Waals surface area contributed by atoms with E-state index in [2.05, 4.69) is 9.68 Å². The van der Waals surface area contributed by atoms with Crippen molar-refractivity contribution in [2.75, 3.05) is 0 Å². The van der Waals surface area contributed by atoms with Crippen molar-refractivity contribution >= 4 is 0 Å². The Hall–Kier alpha value is -1.91. The zero-order valence-electron chi connectivity index (χ0n) is 6.88. The van der Waals surface area contributed by atoms with E-state index in [1.807, 2.05) is 0 Å². The number of hydrogen-bond acceptors (Lipinski definition) is 2. The van der Waals surface area contributed by atoms with Crippen molar-refractivity contribution in [3.63, 3.8) is 0 Å². The lowest BCUT2D eigenvalue weighted by molar-refractivity contribution is 0.393. The summed E-state index contributed by atoms with van der Waals surface area (Å²) in [5, 5.41) is 2.14. The van der Waals surface area contributed by atoms with Crippen LogP contribution in [0.2, 0.25) is 0 Å². The summed E-state index contributed by atoms with van der Waals surface area (Å²) < 4.78 is 30.6. The predicted molar refractivity (Wildman–Crippen MR) is 44.7 cm³/mol. The molecule has 1 heterocycles. The first-order valence-corrected chi connectivity index (χ1v) is 3.81. The van der Waals surface area contributed by atoms with Gasteiger partial charge >= 0.3 is 5.63 Å². The van der Waals surface area contributed by atoms with Gasteiger partial charge in [-0.15, -0.1) is 0 Å². The molecule has 0 bridgehead atoms. The maximum absolute atomic E-state index is 13.1. The average Bonchev–Trinajstić information content (AvgIpc) is 2.51. The molecule has 0 unspecified atom stereocenters. The molecule has 72 valence electrons. The van der Waals surface area contributed by atoms with Crippen LogP contribution in [0.1, 0.15) is 0 Å². The van der Waals surface area contributed by atoms with Gasteiger partial charge in [-0.2, -0.15) is 0 Å². The molecule has 1 aromatic carbocycles. The molecule has 0 aliphatic rings. The zero-order chi connectivity index (χ0) is 10.1. The third-order valence-electron chi connectivity index (χ3n) is 1.76. The molecule has 1 aromatic heterocycles. The Kier molecular flexibility index (Phi) is 1.92. The Labute approximate surface area is 76.9 Å². The molecule has 14 heavy (non-hydrogen) atoms. The molecule has 3 nitrogen and oxygen atoms in total. The Morgan fingerprint density at radius 2 is 1.86 bits per heavy atom. The fraction of sp³-hybridized carbons (Fsp3) is 0. The first-order chi connectivity index (χ1) is 6.68. The van der Waals surface area contributed by atoms with Crippen LogP contribution in [0.5, 0.6) is 0 Å². The van der Waals surface area contributed by atoms with Crippen LogP contribution < -0.4 is 5.63 Å². The van der Waals surface area contributed by atoms with Crippen molar-refractivity contribution in [3.8, 4) is 11.3 Å². The number of halogens is 2. The van der Waals surface area contributed by atoms with Crippen molar-refractivity contribution < 1.29 is 13.3 Å². The van der Waals surface area contributed by atoms with Gasteiger partial charge in [0.05, 0.1) is 17.3 Å². The molecule has 0 spiro atoms. The zero-order valence-corrected chi connectivity index (χ0v) is 6.88. The molecule has 0 aliphatic heterocycles. The summed E-state index contributed by atoms with van der Waals surface area (Å²) in [5.74, 6) is -1.50. The molecule has 1 N–H and O–H groups in total. The summed E-state index contributed by atoms with van der Waals surface area (Å²) in [6.45, 7) is 0. The van der Waals surface area contributed by atoms with Crippen LogP contribution in [0.3, 0.4) is 0 Å². The Bertz CT molecular complexity index is 495. The van der Waals surface area contributed by atoms with Gasteiger partial charge in [0, 0.05) is 0 Å². The summed E-state index contributed by atoms with van der Waals surface area (Å²) in [7, 11) is 0. The summed E-state index contributed by atoms with van der Waals surface area (Å²) in [5.41, 5.74) is -0.980. The molecule has 2 rings (SSSR count). The Balaban J connectivity index is 2.67. The molecule has 5 heteroatoms. The van der Waals surface area contributed by atoms with E-state index in [-0.39, 0.29) is 11.3 Å². The summed E-state index contributed by atoms with van der Waals surface area (Å²) in [4.78, 5) is 10.6. The molecule has 0 saturated carbocycles. The number of H-pyrrole nitrogens is 1. The van der Waals surface area contributed by atoms with Gasteiger partial charge in [-0.05, 0) is 12.1 Å². The first kappa shape index (κ1) is 8.68. The van der Waals surface area contributed by atoms with Crippen LogP contribution >= 0.6 is 0 Å². The summed E-state index contributed by atoms with van der Waals surface area (Å²) >= 11 is 0. The van der Waals surface area contributed by atoms with Crippen LogP contribution in [0.4, 0.5) is 8.78 Å². The number of hydrogen-bond donors (Lipinski definition) is 1. The predicted octanol–water partition coefficient (Wildman–Crippen LogP) is 1.91. The normalized spacial score (nSPS) is 10.4. The number of benzene rings is 1. The second-order valence-electron chi connectivity index (χ2n) is 2.68. The van der Waals surface area contributed by atoms with Gasteiger partial charge in [-0.25, -0.2) is 18.7 Å². The largest absolute Gasteiger partial charge is 0.357 e. The van der Waals surface area contributed by atoms with Crippen LogP contribution in [0.25, 0.3) is 11.3 Å². The molecule has 2 aromatic rings. The second kappa shape index (κ2) is 3.10. The third kappa shape index (κ3) is 1.32. The van der Waals surface area contributed by atoms with Crippen LogP contribution in [-0.2, 0) is 0 Å². The lowest BCUT2D eigenvalue weighted by Crippen LogP contribution is -1.90. The smallest absolute Gasteiger partial charge is 0.339 e. The van der Waals surface area contributed by atoms with Crippen LogP contribution in [0, 0.1) is 11.6 Å². The van der Waals surface area contributed by atoms with Crippen LogP contribution in [0.15, 0.2) is 33.6 Å².